The summed E-state index contributed by atoms with van der Waals surface area (Å²) in [4.78, 5) is 11.0. The molecule has 0 atom stereocenters. The molecule has 0 aromatic heterocycles. The van der Waals surface area contributed by atoms with Crippen LogP contribution in [0, 0.1) is 9.39 Å². The Balaban J connectivity index is 3.05. The molecule has 1 aromatic carbocycles. The lowest BCUT2D eigenvalue weighted by Gasteiger charge is -2.00. The number of rotatable bonds is 1. The molecule has 0 spiro atoms. The molecule has 0 heterocycles. The molecule has 2 nitrogen and oxygen atoms in total. The van der Waals surface area contributed by atoms with Gasteiger partial charge in [0.15, 0.2) is 0 Å². The van der Waals surface area contributed by atoms with Crippen LogP contribution in [0.5, 0.6) is 0 Å². The highest BCUT2D eigenvalue weighted by molar-refractivity contribution is 14.1. The van der Waals surface area contributed by atoms with E-state index in [1.54, 1.807) is 7.05 Å². The molecule has 0 saturated heterocycles. The molecule has 4 heteroatoms. The van der Waals surface area contributed by atoms with Gasteiger partial charge in [-0.15, -0.1) is 0 Å². The van der Waals surface area contributed by atoms with Gasteiger partial charge in [-0.1, -0.05) is 0 Å². The Labute approximate surface area is 83.3 Å². The molecule has 0 saturated carbocycles. The first-order valence-corrected chi connectivity index (χ1v) is 4.40. The molecule has 64 valence electrons. The predicted octanol–water partition coefficient (Wildman–Crippen LogP) is 1.79. The van der Waals surface area contributed by atoms with E-state index < -0.39 is 0 Å². The van der Waals surface area contributed by atoms with Crippen molar-refractivity contribution in [2.45, 2.75) is 0 Å². The van der Waals surface area contributed by atoms with Crippen molar-refractivity contribution < 1.29 is 9.18 Å². The Morgan fingerprint density at radius 1 is 1.58 bits per heavy atom. The number of carbonyl (C=O) groups excluding carboxylic acids is 1. The van der Waals surface area contributed by atoms with Gasteiger partial charge in [0.25, 0.3) is 5.91 Å². The molecule has 1 aromatic rings. The summed E-state index contributed by atoms with van der Waals surface area (Å²) in [5.74, 6) is -0.504. The molecule has 0 aliphatic heterocycles. The smallest absolute Gasteiger partial charge is 0.251 e. The highest BCUT2D eigenvalue weighted by Gasteiger charge is 2.05. The molecule has 0 bridgehead atoms. The number of hydrogen-bond donors (Lipinski definition) is 1. The summed E-state index contributed by atoms with van der Waals surface area (Å²) >= 11 is 1.84. The van der Waals surface area contributed by atoms with Gasteiger partial charge in [-0.2, -0.15) is 0 Å². The fourth-order valence-electron chi connectivity index (χ4n) is 0.782. The molecule has 1 N–H and O–H groups in total. The van der Waals surface area contributed by atoms with Crippen LogP contribution >= 0.6 is 22.6 Å². The maximum absolute atomic E-state index is 12.7. The molecule has 0 fully saturated rings. The Morgan fingerprint density at radius 3 is 2.75 bits per heavy atom. The SMILES string of the molecule is CNC(=O)c1ccc(F)c(I)c1. The van der Waals surface area contributed by atoms with Crippen LogP contribution in [-0.2, 0) is 0 Å². The molecule has 0 aliphatic rings. The van der Waals surface area contributed by atoms with Gasteiger partial charge >= 0.3 is 0 Å². The number of amides is 1. The average molecular weight is 279 g/mol. The first-order chi connectivity index (χ1) is 5.65. The van der Waals surface area contributed by atoms with Gasteiger partial charge in [0, 0.05) is 16.2 Å². The number of benzene rings is 1. The molecule has 0 unspecified atom stereocenters. The maximum atomic E-state index is 12.7. The Morgan fingerprint density at radius 2 is 2.25 bits per heavy atom. The van der Waals surface area contributed by atoms with Crippen molar-refractivity contribution in [3.63, 3.8) is 0 Å². The summed E-state index contributed by atoms with van der Waals surface area (Å²) in [6, 6.07) is 4.25. The van der Waals surface area contributed by atoms with Gasteiger partial charge in [-0.3, -0.25) is 4.79 Å². The van der Waals surface area contributed by atoms with Crippen LogP contribution in [0.25, 0.3) is 0 Å². The van der Waals surface area contributed by atoms with Crippen LogP contribution in [-0.4, -0.2) is 13.0 Å². The maximum Gasteiger partial charge on any atom is 0.251 e. The second kappa shape index (κ2) is 3.84. The molecule has 1 amide bonds. The number of carbonyl (C=O) groups is 1. The van der Waals surface area contributed by atoms with E-state index in [9.17, 15) is 9.18 Å². The fourth-order valence-corrected chi connectivity index (χ4v) is 1.30. The van der Waals surface area contributed by atoms with Gasteiger partial charge in [0.1, 0.15) is 5.82 Å². The van der Waals surface area contributed by atoms with E-state index in [2.05, 4.69) is 5.32 Å². The van der Waals surface area contributed by atoms with Gasteiger partial charge in [-0.05, 0) is 40.8 Å². The third kappa shape index (κ3) is 1.94. The highest BCUT2D eigenvalue weighted by atomic mass is 127. The average Bonchev–Trinajstić information content (AvgIpc) is 2.08. The van der Waals surface area contributed by atoms with Crippen molar-refractivity contribution in [3.05, 3.63) is 33.1 Å². The van der Waals surface area contributed by atoms with Crippen LogP contribution in [0.3, 0.4) is 0 Å². The zero-order valence-electron chi connectivity index (χ0n) is 6.40. The predicted molar refractivity (Wildman–Crippen MR) is 52.5 cm³/mol. The zero-order valence-corrected chi connectivity index (χ0v) is 8.55. The van der Waals surface area contributed by atoms with Crippen molar-refractivity contribution in [1.29, 1.82) is 0 Å². The number of nitrogens with one attached hydrogen (secondary N) is 1. The van der Waals surface area contributed by atoms with E-state index in [-0.39, 0.29) is 11.7 Å². The van der Waals surface area contributed by atoms with E-state index >= 15 is 0 Å². The third-order valence-corrected chi connectivity index (χ3v) is 2.24. The van der Waals surface area contributed by atoms with Gasteiger partial charge in [0.05, 0.1) is 0 Å². The van der Waals surface area contributed by atoms with Crippen LogP contribution in [0.15, 0.2) is 18.2 Å². The highest BCUT2D eigenvalue weighted by Crippen LogP contribution is 2.12. The van der Waals surface area contributed by atoms with Crippen LogP contribution in [0.2, 0.25) is 0 Å². The summed E-state index contributed by atoms with van der Waals surface area (Å²) in [6.45, 7) is 0. The minimum atomic E-state index is -0.303. The lowest BCUT2D eigenvalue weighted by atomic mass is 10.2. The van der Waals surface area contributed by atoms with Crippen LogP contribution in [0.4, 0.5) is 4.39 Å². The Kier molecular flexibility index (Phi) is 3.02. The van der Waals surface area contributed by atoms with Crippen molar-refractivity contribution in [1.82, 2.24) is 5.32 Å². The van der Waals surface area contributed by atoms with Crippen LogP contribution in [0.1, 0.15) is 10.4 Å². The molecule has 12 heavy (non-hydrogen) atoms. The fraction of sp³-hybridized carbons (Fsp3) is 0.125. The summed E-state index contributed by atoms with van der Waals surface area (Å²) in [7, 11) is 1.54. The van der Waals surface area contributed by atoms with Gasteiger partial charge in [0.2, 0.25) is 0 Å². The van der Waals surface area contributed by atoms with E-state index in [1.165, 1.54) is 18.2 Å². The van der Waals surface area contributed by atoms with E-state index in [1.807, 2.05) is 22.6 Å². The van der Waals surface area contributed by atoms with E-state index in [0.29, 0.717) is 9.13 Å². The normalized spacial score (nSPS) is 9.58. The second-order valence-corrected chi connectivity index (χ2v) is 3.37. The lowest BCUT2D eigenvalue weighted by molar-refractivity contribution is 0.0963. The van der Waals surface area contributed by atoms with Crippen molar-refractivity contribution in [3.8, 4) is 0 Å². The molecule has 0 radical (unpaired) electrons. The first-order valence-electron chi connectivity index (χ1n) is 3.32. The Hall–Kier alpha value is -0.650. The largest absolute Gasteiger partial charge is 0.355 e. The molecular formula is C8H7FINO. The standard InChI is InChI=1S/C8H7FINO/c1-11-8(12)5-2-3-6(9)7(10)4-5/h2-4H,1H3,(H,11,12). The van der Waals surface area contributed by atoms with Crippen LogP contribution < -0.4 is 5.32 Å². The minimum Gasteiger partial charge on any atom is -0.355 e. The molecule has 0 aliphatic carbocycles. The van der Waals surface area contributed by atoms with Gasteiger partial charge < -0.3 is 5.32 Å². The van der Waals surface area contributed by atoms with E-state index in [4.69, 9.17) is 0 Å². The Bertz CT molecular complexity index is 314. The summed E-state index contributed by atoms with van der Waals surface area (Å²) in [5, 5.41) is 2.46. The number of hydrogen-bond acceptors (Lipinski definition) is 1. The van der Waals surface area contributed by atoms with Crippen molar-refractivity contribution in [2.24, 2.45) is 0 Å². The zero-order chi connectivity index (χ0) is 9.14. The van der Waals surface area contributed by atoms with Crippen molar-refractivity contribution in [2.75, 3.05) is 7.05 Å². The molecule has 1 rings (SSSR count). The first kappa shape index (κ1) is 9.44. The monoisotopic (exact) mass is 279 g/mol. The summed E-state index contributed by atoms with van der Waals surface area (Å²) < 4.78 is 13.2. The number of halogens is 2. The quantitative estimate of drug-likeness (QED) is 0.780. The topological polar surface area (TPSA) is 29.1 Å². The summed E-state index contributed by atoms with van der Waals surface area (Å²) in [5.41, 5.74) is 0.475. The van der Waals surface area contributed by atoms with Crippen molar-refractivity contribution >= 4 is 28.5 Å². The molecular weight excluding hydrogens is 272 g/mol. The minimum absolute atomic E-state index is 0.201. The summed E-state index contributed by atoms with van der Waals surface area (Å²) in [6.07, 6.45) is 0. The third-order valence-electron chi connectivity index (χ3n) is 1.41. The lowest BCUT2D eigenvalue weighted by Crippen LogP contribution is -2.17. The second-order valence-electron chi connectivity index (χ2n) is 2.21. The van der Waals surface area contributed by atoms with Gasteiger partial charge in [-0.25, -0.2) is 4.39 Å². The van der Waals surface area contributed by atoms with E-state index in [0.717, 1.165) is 0 Å².